The van der Waals surface area contributed by atoms with E-state index in [1.807, 2.05) is 0 Å². The van der Waals surface area contributed by atoms with Gasteiger partial charge in [0.05, 0.1) is 0 Å². The molecule has 0 atom stereocenters. The van der Waals surface area contributed by atoms with Gasteiger partial charge in [-0.15, -0.1) is 0 Å². The molecule has 81 heavy (non-hydrogen) atoms. The van der Waals surface area contributed by atoms with Gasteiger partial charge in [-0.1, -0.05) is 203 Å². The van der Waals surface area contributed by atoms with Gasteiger partial charge in [-0.2, -0.15) is 0 Å². The van der Waals surface area contributed by atoms with Gasteiger partial charge < -0.3 is 20.4 Å². The molecule has 4 aromatic carbocycles. The maximum atomic E-state index is 13.0. The highest BCUT2D eigenvalue weighted by Gasteiger charge is 2.41. The van der Waals surface area contributed by atoms with Crippen molar-refractivity contribution >= 4 is 0 Å². The molecule has 0 saturated heterocycles. The van der Waals surface area contributed by atoms with E-state index in [9.17, 15) is 20.4 Å². The van der Waals surface area contributed by atoms with Crippen molar-refractivity contribution in [2.24, 2.45) is 0 Å². The topological polar surface area (TPSA) is 80.9 Å². The molecule has 8 aliphatic rings. The molecule has 8 fully saturated rings. The first-order valence-electron chi connectivity index (χ1n) is 35.3. The van der Waals surface area contributed by atoms with Gasteiger partial charge in [0.25, 0.3) is 0 Å². The highest BCUT2D eigenvalue weighted by atomic mass is 16.3. The van der Waals surface area contributed by atoms with Crippen LogP contribution in [0.15, 0.2) is 48.5 Å². The van der Waals surface area contributed by atoms with Crippen molar-refractivity contribution in [3.8, 4) is 23.0 Å². The van der Waals surface area contributed by atoms with Gasteiger partial charge in [-0.25, -0.2) is 0 Å². The Morgan fingerprint density at radius 2 is 0.395 bits per heavy atom. The molecule has 4 heteroatoms. The number of aryl methyl sites for hydroxylation is 2. The van der Waals surface area contributed by atoms with Crippen LogP contribution in [0.5, 0.6) is 23.0 Å². The van der Waals surface area contributed by atoms with Gasteiger partial charge in [0, 0.05) is 5.41 Å². The summed E-state index contributed by atoms with van der Waals surface area (Å²) in [6.07, 6.45) is 52.4. The Balaban J connectivity index is 1.09. The molecule has 8 aliphatic carbocycles. The zero-order valence-corrected chi connectivity index (χ0v) is 50.6. The van der Waals surface area contributed by atoms with Crippen LogP contribution in [-0.4, -0.2) is 20.4 Å². The third-order valence-corrected chi connectivity index (χ3v) is 23.9. The maximum absolute atomic E-state index is 13.0. The zero-order valence-electron chi connectivity index (χ0n) is 50.6. The van der Waals surface area contributed by atoms with Crippen LogP contribution in [-0.2, 0) is 18.3 Å². The summed E-state index contributed by atoms with van der Waals surface area (Å²) < 4.78 is 0. The summed E-state index contributed by atoms with van der Waals surface area (Å²) >= 11 is 0. The fourth-order valence-corrected chi connectivity index (χ4v) is 19.1. The minimum absolute atomic E-state index is 0.357. The van der Waals surface area contributed by atoms with Gasteiger partial charge in [0.15, 0.2) is 0 Å². The smallest absolute Gasteiger partial charge is 0.122 e. The van der Waals surface area contributed by atoms with Crippen molar-refractivity contribution in [2.45, 2.75) is 335 Å². The molecule has 4 aromatic rings. The molecular formula is C77H108O4. The fourth-order valence-electron chi connectivity index (χ4n) is 19.1. The molecule has 0 amide bonds. The summed E-state index contributed by atoms with van der Waals surface area (Å²) in [4.78, 5) is 0. The largest absolute Gasteiger partial charge is 0.507 e. The van der Waals surface area contributed by atoms with E-state index in [0.717, 1.165) is 77.0 Å². The van der Waals surface area contributed by atoms with Crippen LogP contribution in [0.3, 0.4) is 0 Å². The Bertz CT molecular complexity index is 2340. The molecule has 0 unspecified atom stereocenters. The lowest BCUT2D eigenvalue weighted by Gasteiger charge is -2.40. The van der Waals surface area contributed by atoms with E-state index in [-0.39, 0.29) is 0 Å². The molecule has 440 valence electrons. The number of rotatable bonds is 16. The number of benzene rings is 4. The molecule has 0 radical (unpaired) electrons. The first-order chi connectivity index (χ1) is 39.8. The van der Waals surface area contributed by atoms with Crippen LogP contribution in [0, 0.1) is 0 Å². The molecule has 0 aromatic heterocycles. The van der Waals surface area contributed by atoms with Gasteiger partial charge in [-0.05, 0) is 243 Å². The van der Waals surface area contributed by atoms with Crippen LogP contribution in [0.2, 0.25) is 0 Å². The van der Waals surface area contributed by atoms with Gasteiger partial charge in [0.2, 0.25) is 0 Å². The summed E-state index contributed by atoms with van der Waals surface area (Å²) in [7, 11) is 0. The summed E-state index contributed by atoms with van der Waals surface area (Å²) in [5.74, 6) is 5.57. The molecule has 0 aliphatic heterocycles. The van der Waals surface area contributed by atoms with Gasteiger partial charge >= 0.3 is 0 Å². The number of aromatic hydroxyl groups is 4. The van der Waals surface area contributed by atoms with Crippen LogP contribution >= 0.6 is 0 Å². The Hall–Kier alpha value is -3.92. The van der Waals surface area contributed by atoms with Crippen molar-refractivity contribution in [1.82, 2.24) is 0 Å². The highest BCUT2D eigenvalue weighted by molar-refractivity contribution is 5.57. The number of phenols is 4. The molecule has 4 nitrogen and oxygen atoms in total. The molecule has 0 spiro atoms. The number of hydrogen-bond acceptors (Lipinski definition) is 4. The van der Waals surface area contributed by atoms with Crippen molar-refractivity contribution in [3.05, 3.63) is 115 Å². The Labute approximate surface area is 491 Å². The van der Waals surface area contributed by atoms with Crippen molar-refractivity contribution in [2.75, 3.05) is 0 Å². The van der Waals surface area contributed by atoms with Crippen LogP contribution < -0.4 is 0 Å². The summed E-state index contributed by atoms with van der Waals surface area (Å²) in [5, 5.41) is 51.2. The summed E-state index contributed by atoms with van der Waals surface area (Å²) in [6, 6.07) is 20.4. The predicted molar refractivity (Wildman–Crippen MR) is 336 cm³/mol. The van der Waals surface area contributed by atoms with E-state index in [1.54, 1.807) is 0 Å². The van der Waals surface area contributed by atoms with Gasteiger partial charge in [0.1, 0.15) is 23.0 Å². The molecule has 12 rings (SSSR count). The minimum Gasteiger partial charge on any atom is -0.507 e. The van der Waals surface area contributed by atoms with Crippen LogP contribution in [0.1, 0.15) is 384 Å². The van der Waals surface area contributed by atoms with Crippen molar-refractivity contribution in [1.29, 1.82) is 0 Å². The Kier molecular flexibility index (Phi) is 19.2. The van der Waals surface area contributed by atoms with E-state index < -0.39 is 5.41 Å². The lowest BCUT2D eigenvalue weighted by molar-refractivity contribution is 0.381. The molecular weight excluding hydrogens is 989 g/mol. The quantitative estimate of drug-likeness (QED) is 0.0901. The lowest BCUT2D eigenvalue weighted by Crippen LogP contribution is -2.31. The second-order valence-corrected chi connectivity index (χ2v) is 29.0. The molecule has 4 N–H and O–H groups in total. The SMILES string of the molecule is Oc1c(C2CCCCC2)cc(CCC(CCc2cc(C3CCCCC3)c(O)c(C3CCCCC3)c2)(c2cc(C3CCCCC3)c(O)c(C3CCCCC3)c2)c2cc(C3CCCCC3)c(O)c(C3CCCCC3)c2)cc1C1CCCCC1. The fraction of sp³-hybridized carbons (Fsp3) is 0.688. The second kappa shape index (κ2) is 27.0. The van der Waals surface area contributed by atoms with E-state index >= 15 is 0 Å². The average Bonchev–Trinajstić information content (AvgIpc) is 3.58. The summed E-state index contributed by atoms with van der Waals surface area (Å²) in [5.41, 5.74) is 15.0. The number of hydrogen-bond donors (Lipinski definition) is 4. The standard InChI is InChI=1S/C77H108O4/c78-73-65(55-25-9-1-10-26-55)45-53(46-66(73)56-27-11-2-12-28-56)41-43-77(63-49-69(59-33-17-5-18-34-59)75(80)70(50-63)60-35-19-6-20-36-60,64-51-71(61-37-21-7-22-38-61)76(81)72(52-64)62-39-23-8-24-40-62)44-42-54-47-67(57-29-13-3-14-30-57)74(79)68(48-54)58-31-15-4-16-32-58/h45-52,55-62,78-81H,1-44H2. The maximum Gasteiger partial charge on any atom is 0.122 e. The van der Waals surface area contributed by atoms with Crippen LogP contribution in [0.4, 0.5) is 0 Å². The normalized spacial score (nSPS) is 22.8. The third kappa shape index (κ3) is 12.9. The molecule has 8 saturated carbocycles. The van der Waals surface area contributed by atoms with E-state index in [2.05, 4.69) is 48.5 Å². The minimum atomic E-state index is -0.456. The first kappa shape index (κ1) is 57.5. The second-order valence-electron chi connectivity index (χ2n) is 29.0. The van der Waals surface area contributed by atoms with Gasteiger partial charge in [-0.3, -0.25) is 0 Å². The highest BCUT2D eigenvalue weighted by Crippen LogP contribution is 2.55. The van der Waals surface area contributed by atoms with E-state index in [0.29, 0.717) is 70.3 Å². The van der Waals surface area contributed by atoms with E-state index in [4.69, 9.17) is 0 Å². The first-order valence-corrected chi connectivity index (χ1v) is 35.3. The monoisotopic (exact) mass is 1100 g/mol. The van der Waals surface area contributed by atoms with Crippen LogP contribution in [0.25, 0.3) is 0 Å². The Morgan fingerprint density at radius 1 is 0.235 bits per heavy atom. The van der Waals surface area contributed by atoms with Crippen molar-refractivity contribution < 1.29 is 20.4 Å². The predicted octanol–water partition coefficient (Wildman–Crippen LogP) is 22.4. The van der Waals surface area contributed by atoms with Crippen molar-refractivity contribution in [3.63, 3.8) is 0 Å². The molecule has 0 bridgehead atoms. The average molecular weight is 1100 g/mol. The van der Waals surface area contributed by atoms with E-state index in [1.165, 1.54) is 272 Å². The summed E-state index contributed by atoms with van der Waals surface area (Å²) in [6.45, 7) is 0. The lowest BCUT2D eigenvalue weighted by atomic mass is 9.64. The number of phenolic OH excluding ortho intramolecular Hbond substituents is 4. The zero-order chi connectivity index (χ0) is 55.1. The Morgan fingerprint density at radius 3 is 0.568 bits per heavy atom. The molecule has 0 heterocycles. The third-order valence-electron chi connectivity index (χ3n) is 23.9.